The summed E-state index contributed by atoms with van der Waals surface area (Å²) < 4.78 is 2.38. The van der Waals surface area contributed by atoms with Crippen molar-refractivity contribution in [2.45, 2.75) is 5.16 Å². The van der Waals surface area contributed by atoms with Crippen LogP contribution in [0.1, 0.15) is 10.4 Å². The second kappa shape index (κ2) is 9.44. The summed E-state index contributed by atoms with van der Waals surface area (Å²) in [5.74, 6) is -0.0904. The fraction of sp³-hybridized carbons (Fsp3) is 0.0417. The lowest BCUT2D eigenvalue weighted by atomic mass is 10.2. The van der Waals surface area contributed by atoms with Gasteiger partial charge in [-0.3, -0.25) is 14.2 Å². The number of thioether (sulfide) groups is 1. The summed E-state index contributed by atoms with van der Waals surface area (Å²) in [7, 11) is 0. The molecule has 0 saturated carbocycles. The van der Waals surface area contributed by atoms with Crippen LogP contribution in [0.2, 0.25) is 8.67 Å². The van der Waals surface area contributed by atoms with Gasteiger partial charge in [-0.1, -0.05) is 83.5 Å². The fourth-order valence-corrected chi connectivity index (χ4v) is 6.82. The summed E-state index contributed by atoms with van der Waals surface area (Å²) >= 11 is 16.0. The van der Waals surface area contributed by atoms with Gasteiger partial charge < -0.3 is 0 Å². The molecule has 0 saturated heterocycles. The van der Waals surface area contributed by atoms with Crippen molar-refractivity contribution in [2.24, 2.45) is 0 Å². The number of carbonyl (C=O) groups excluding carboxylic acids is 1. The number of halogens is 2. The zero-order valence-electron chi connectivity index (χ0n) is 16.8. The van der Waals surface area contributed by atoms with Gasteiger partial charge in [0, 0.05) is 10.4 Å². The van der Waals surface area contributed by atoms with Crippen molar-refractivity contribution >= 4 is 73.6 Å². The second-order valence-electron chi connectivity index (χ2n) is 7.02. The normalized spacial score (nSPS) is 11.2. The number of hydrogen-bond acceptors (Lipinski definition) is 6. The maximum absolute atomic E-state index is 13.6. The minimum absolute atomic E-state index is 0.0779. The van der Waals surface area contributed by atoms with Gasteiger partial charge in [-0.05, 0) is 29.8 Å². The van der Waals surface area contributed by atoms with Crippen molar-refractivity contribution in [3.63, 3.8) is 0 Å². The Bertz CT molecular complexity index is 1530. The standard InChI is InChI=1S/C24H14Cl2N2O2S3/c25-20-12-16(21(26)33-20)18(29)13-31-24-27-22-17(11-19(32-22)14-7-3-1-4-8-14)23(30)28(24)15-9-5-2-6-10-15/h1-12H,13H2. The topological polar surface area (TPSA) is 52.0 Å². The fourth-order valence-electron chi connectivity index (χ4n) is 3.35. The molecule has 0 amide bonds. The molecule has 3 aromatic heterocycles. The van der Waals surface area contributed by atoms with Crippen molar-refractivity contribution < 1.29 is 4.79 Å². The zero-order valence-corrected chi connectivity index (χ0v) is 20.8. The number of nitrogens with zero attached hydrogens (tertiary/aromatic N) is 2. The van der Waals surface area contributed by atoms with E-state index < -0.39 is 0 Å². The van der Waals surface area contributed by atoms with Crippen molar-refractivity contribution in [1.29, 1.82) is 0 Å². The van der Waals surface area contributed by atoms with E-state index in [1.807, 2.05) is 66.7 Å². The number of carbonyl (C=O) groups is 1. The molecule has 33 heavy (non-hydrogen) atoms. The number of Topliss-reactive ketones (excluding diaryl/α,β-unsaturated/α-hetero) is 1. The summed E-state index contributed by atoms with van der Waals surface area (Å²) in [4.78, 5) is 32.7. The van der Waals surface area contributed by atoms with Crippen molar-refractivity contribution in [2.75, 3.05) is 5.75 Å². The van der Waals surface area contributed by atoms with E-state index in [1.54, 1.807) is 10.6 Å². The predicted octanol–water partition coefficient (Wildman–Crippen LogP) is 7.46. The molecule has 0 aliphatic rings. The molecular weight excluding hydrogens is 515 g/mol. The SMILES string of the molecule is O=C(CSc1nc2sc(-c3ccccc3)cc2c(=O)n1-c1ccccc1)c1cc(Cl)sc1Cl. The molecular formula is C24H14Cl2N2O2S3. The lowest BCUT2D eigenvalue weighted by Gasteiger charge is -2.11. The average Bonchev–Trinajstić information content (AvgIpc) is 3.41. The number of benzene rings is 2. The van der Waals surface area contributed by atoms with Gasteiger partial charge >= 0.3 is 0 Å². The van der Waals surface area contributed by atoms with E-state index in [-0.39, 0.29) is 17.1 Å². The molecule has 2 aromatic carbocycles. The Hall–Kier alpha value is -2.42. The summed E-state index contributed by atoms with van der Waals surface area (Å²) in [6, 6.07) is 22.7. The van der Waals surface area contributed by atoms with Crippen LogP contribution in [0.15, 0.2) is 82.7 Å². The van der Waals surface area contributed by atoms with E-state index in [1.165, 1.54) is 23.1 Å². The van der Waals surface area contributed by atoms with Gasteiger partial charge in [0.15, 0.2) is 10.9 Å². The van der Waals surface area contributed by atoms with E-state index >= 15 is 0 Å². The smallest absolute Gasteiger partial charge is 0.267 e. The third-order valence-electron chi connectivity index (χ3n) is 4.90. The highest BCUT2D eigenvalue weighted by atomic mass is 35.5. The van der Waals surface area contributed by atoms with Crippen molar-refractivity contribution in [1.82, 2.24) is 9.55 Å². The van der Waals surface area contributed by atoms with Gasteiger partial charge in [-0.15, -0.1) is 22.7 Å². The molecule has 9 heteroatoms. The Labute approximate surface area is 211 Å². The molecule has 0 aliphatic heterocycles. The summed E-state index contributed by atoms with van der Waals surface area (Å²) in [6.07, 6.45) is 0. The van der Waals surface area contributed by atoms with Gasteiger partial charge in [-0.2, -0.15) is 0 Å². The predicted molar refractivity (Wildman–Crippen MR) is 140 cm³/mol. The number of aromatic nitrogens is 2. The summed E-state index contributed by atoms with van der Waals surface area (Å²) in [6.45, 7) is 0. The highest BCUT2D eigenvalue weighted by molar-refractivity contribution is 7.99. The lowest BCUT2D eigenvalue weighted by molar-refractivity contribution is 0.102. The number of ketones is 1. The van der Waals surface area contributed by atoms with Crippen molar-refractivity contribution in [3.8, 4) is 16.1 Å². The largest absolute Gasteiger partial charge is 0.293 e. The van der Waals surface area contributed by atoms with Crippen LogP contribution in [0, 0.1) is 0 Å². The molecule has 0 spiro atoms. The monoisotopic (exact) mass is 528 g/mol. The van der Waals surface area contributed by atoms with Gasteiger partial charge in [-0.25, -0.2) is 4.98 Å². The maximum Gasteiger partial charge on any atom is 0.267 e. The maximum atomic E-state index is 13.6. The van der Waals surface area contributed by atoms with Crippen LogP contribution in [0.3, 0.4) is 0 Å². The second-order valence-corrected chi connectivity index (χ2v) is 11.3. The van der Waals surface area contributed by atoms with E-state index in [2.05, 4.69) is 0 Å². The van der Waals surface area contributed by atoms with Crippen LogP contribution in [0.4, 0.5) is 0 Å². The van der Waals surface area contributed by atoms with Crippen LogP contribution >= 0.6 is 57.6 Å². The van der Waals surface area contributed by atoms with Gasteiger partial charge in [0.1, 0.15) is 9.17 Å². The van der Waals surface area contributed by atoms with E-state index in [0.717, 1.165) is 21.8 Å². The lowest BCUT2D eigenvalue weighted by Crippen LogP contribution is -2.21. The third kappa shape index (κ3) is 4.52. The number of fused-ring (bicyclic) bond motifs is 1. The van der Waals surface area contributed by atoms with Crippen LogP contribution in [0.25, 0.3) is 26.3 Å². The molecule has 0 radical (unpaired) electrons. The quantitative estimate of drug-likeness (QED) is 0.130. The molecule has 0 bridgehead atoms. The van der Waals surface area contributed by atoms with Gasteiger partial charge in [0.25, 0.3) is 5.56 Å². The first-order valence-corrected chi connectivity index (χ1v) is 13.2. The molecule has 5 aromatic rings. The first-order valence-electron chi connectivity index (χ1n) is 9.79. The van der Waals surface area contributed by atoms with Gasteiger partial charge in [0.2, 0.25) is 0 Å². The molecule has 0 aliphatic carbocycles. The number of hydrogen-bond donors (Lipinski definition) is 0. The highest BCUT2D eigenvalue weighted by Crippen LogP contribution is 2.34. The first-order chi connectivity index (χ1) is 16.0. The Kier molecular flexibility index (Phi) is 6.40. The summed E-state index contributed by atoms with van der Waals surface area (Å²) in [5.41, 5.74) is 1.93. The van der Waals surface area contributed by atoms with Crippen LogP contribution < -0.4 is 5.56 Å². The number of para-hydroxylation sites is 1. The highest BCUT2D eigenvalue weighted by Gasteiger charge is 2.19. The number of rotatable bonds is 6. The zero-order chi connectivity index (χ0) is 22.9. The third-order valence-corrected chi connectivity index (χ3v) is 8.40. The van der Waals surface area contributed by atoms with E-state index in [4.69, 9.17) is 28.2 Å². The van der Waals surface area contributed by atoms with E-state index in [0.29, 0.717) is 35.3 Å². The van der Waals surface area contributed by atoms with Crippen molar-refractivity contribution in [3.05, 3.63) is 97.4 Å². The Morgan fingerprint density at radius 2 is 1.67 bits per heavy atom. The molecule has 0 fully saturated rings. The van der Waals surface area contributed by atoms with Crippen LogP contribution in [-0.2, 0) is 0 Å². The molecule has 3 heterocycles. The summed E-state index contributed by atoms with van der Waals surface area (Å²) in [5, 5.41) is 0.997. The van der Waals surface area contributed by atoms with Crippen LogP contribution in [0.5, 0.6) is 0 Å². The Morgan fingerprint density at radius 3 is 2.33 bits per heavy atom. The first kappa shape index (κ1) is 22.4. The molecule has 0 N–H and O–H groups in total. The number of thiophene rings is 2. The molecule has 164 valence electrons. The molecule has 0 unspecified atom stereocenters. The molecule has 0 atom stereocenters. The minimum atomic E-state index is -0.170. The average molecular weight is 529 g/mol. The Balaban J connectivity index is 1.59. The molecule has 4 nitrogen and oxygen atoms in total. The van der Waals surface area contributed by atoms with Gasteiger partial charge in [0.05, 0.1) is 21.2 Å². The Morgan fingerprint density at radius 1 is 0.970 bits per heavy atom. The van der Waals surface area contributed by atoms with E-state index in [9.17, 15) is 9.59 Å². The van der Waals surface area contributed by atoms with Crippen LogP contribution in [-0.4, -0.2) is 21.1 Å². The minimum Gasteiger partial charge on any atom is -0.293 e. The molecule has 5 rings (SSSR count).